The third-order valence-electron chi connectivity index (χ3n) is 3.10. The van der Waals surface area contributed by atoms with Crippen LogP contribution < -0.4 is 0 Å². The number of aliphatic hydroxyl groups excluding tert-OH is 1. The third kappa shape index (κ3) is 6.06. The molecule has 0 saturated heterocycles. The van der Waals surface area contributed by atoms with Gasteiger partial charge >= 0.3 is 0 Å². The van der Waals surface area contributed by atoms with E-state index in [4.69, 9.17) is 0 Å². The summed E-state index contributed by atoms with van der Waals surface area (Å²) in [6, 6.07) is 6.33. The van der Waals surface area contributed by atoms with E-state index in [9.17, 15) is 14.3 Å². The molecule has 1 amide bonds. The van der Waals surface area contributed by atoms with Gasteiger partial charge in [0.1, 0.15) is 5.82 Å². The Morgan fingerprint density at radius 3 is 2.29 bits per heavy atom. The lowest BCUT2D eigenvalue weighted by molar-refractivity contribution is -0.137. The van der Waals surface area contributed by atoms with Crippen molar-refractivity contribution in [1.82, 2.24) is 4.90 Å². The number of hydrogen-bond acceptors (Lipinski definition) is 3. The van der Waals surface area contributed by atoms with Crippen molar-refractivity contribution in [2.75, 3.05) is 12.3 Å². The Bertz CT molecular complexity index is 448. The molecule has 21 heavy (non-hydrogen) atoms. The molecule has 0 bridgehead atoms. The highest BCUT2D eigenvalue weighted by atomic mass is 32.2. The van der Waals surface area contributed by atoms with Gasteiger partial charge in [-0.25, -0.2) is 4.39 Å². The number of rotatable bonds is 7. The number of carbonyl (C=O) groups is 1. The number of carbonyl (C=O) groups excluding carboxylic acids is 1. The molecule has 0 aromatic heterocycles. The van der Waals surface area contributed by atoms with E-state index < -0.39 is 6.10 Å². The summed E-state index contributed by atoms with van der Waals surface area (Å²) in [6.07, 6.45) is -0.534. The first kappa shape index (κ1) is 18.0. The molecule has 5 heteroatoms. The standard InChI is InChI=1S/C16H24FNO2S/c1-11(2)18(9-13(4)19)16(20)12(3)10-21-15-7-5-14(17)6-8-15/h5-8,11-13,19H,9-10H2,1-4H3. The van der Waals surface area contributed by atoms with Gasteiger partial charge in [-0.2, -0.15) is 0 Å². The van der Waals surface area contributed by atoms with Crippen LogP contribution in [0, 0.1) is 11.7 Å². The number of amides is 1. The first-order valence-corrected chi connectivity index (χ1v) is 8.16. The molecule has 0 radical (unpaired) electrons. The van der Waals surface area contributed by atoms with E-state index in [-0.39, 0.29) is 23.7 Å². The number of aliphatic hydroxyl groups is 1. The van der Waals surface area contributed by atoms with Crippen LogP contribution in [-0.4, -0.2) is 40.4 Å². The van der Waals surface area contributed by atoms with Gasteiger partial charge in [-0.3, -0.25) is 4.79 Å². The summed E-state index contributed by atoms with van der Waals surface area (Å²) in [7, 11) is 0. The van der Waals surface area contributed by atoms with Crippen LogP contribution in [-0.2, 0) is 4.79 Å². The monoisotopic (exact) mass is 313 g/mol. The number of nitrogens with zero attached hydrogens (tertiary/aromatic N) is 1. The molecule has 0 aliphatic rings. The predicted molar refractivity (Wildman–Crippen MR) is 84.8 cm³/mol. The Balaban J connectivity index is 2.58. The van der Waals surface area contributed by atoms with Gasteiger partial charge in [-0.05, 0) is 45.0 Å². The summed E-state index contributed by atoms with van der Waals surface area (Å²) in [5, 5.41) is 9.50. The minimum Gasteiger partial charge on any atom is -0.392 e. The van der Waals surface area contributed by atoms with Crippen LogP contribution >= 0.6 is 11.8 Å². The fourth-order valence-corrected chi connectivity index (χ4v) is 2.86. The first-order valence-electron chi connectivity index (χ1n) is 7.18. The summed E-state index contributed by atoms with van der Waals surface area (Å²) in [5.41, 5.74) is 0. The highest BCUT2D eigenvalue weighted by Crippen LogP contribution is 2.22. The Hall–Kier alpha value is -1.07. The van der Waals surface area contributed by atoms with Crippen LogP contribution in [0.2, 0.25) is 0 Å². The van der Waals surface area contributed by atoms with Crippen molar-refractivity contribution in [3.05, 3.63) is 30.1 Å². The van der Waals surface area contributed by atoms with Gasteiger partial charge in [0.05, 0.1) is 6.10 Å². The zero-order chi connectivity index (χ0) is 16.0. The zero-order valence-corrected chi connectivity index (χ0v) is 13.9. The molecule has 1 N–H and O–H groups in total. The molecule has 1 aromatic rings. The molecule has 1 aromatic carbocycles. The third-order valence-corrected chi connectivity index (χ3v) is 4.37. The second-order valence-corrected chi connectivity index (χ2v) is 6.69. The number of benzene rings is 1. The van der Waals surface area contributed by atoms with Crippen LogP contribution in [0.25, 0.3) is 0 Å². The van der Waals surface area contributed by atoms with Crippen LogP contribution in [0.5, 0.6) is 0 Å². The van der Waals surface area contributed by atoms with Crippen LogP contribution in [0.4, 0.5) is 4.39 Å². The molecule has 2 unspecified atom stereocenters. The van der Waals surface area contributed by atoms with Crippen LogP contribution in [0.3, 0.4) is 0 Å². The number of halogens is 1. The minimum atomic E-state index is -0.534. The van der Waals surface area contributed by atoms with E-state index in [2.05, 4.69) is 0 Å². The summed E-state index contributed by atoms with van der Waals surface area (Å²) < 4.78 is 12.8. The fourth-order valence-electron chi connectivity index (χ4n) is 1.95. The van der Waals surface area contributed by atoms with Crippen LogP contribution in [0.15, 0.2) is 29.2 Å². The van der Waals surface area contributed by atoms with E-state index in [1.807, 2.05) is 20.8 Å². The van der Waals surface area contributed by atoms with Gasteiger partial charge < -0.3 is 10.0 Å². The second kappa shape index (κ2) is 8.39. The van der Waals surface area contributed by atoms with Crippen molar-refractivity contribution in [3.8, 4) is 0 Å². The normalized spacial score (nSPS) is 14.0. The maximum atomic E-state index is 12.8. The van der Waals surface area contributed by atoms with Crippen molar-refractivity contribution in [3.63, 3.8) is 0 Å². The predicted octanol–water partition coefficient (Wildman–Crippen LogP) is 3.17. The Kier molecular flexibility index (Phi) is 7.18. The lowest BCUT2D eigenvalue weighted by atomic mass is 10.1. The summed E-state index contributed by atoms with van der Waals surface area (Å²) in [6.45, 7) is 7.80. The highest BCUT2D eigenvalue weighted by molar-refractivity contribution is 7.99. The quantitative estimate of drug-likeness (QED) is 0.786. The molecule has 0 aliphatic heterocycles. The average molecular weight is 313 g/mol. The molecule has 0 spiro atoms. The van der Waals surface area contributed by atoms with Gasteiger partial charge in [-0.15, -0.1) is 11.8 Å². The van der Waals surface area contributed by atoms with E-state index in [0.29, 0.717) is 12.3 Å². The molecule has 1 rings (SSSR count). The van der Waals surface area contributed by atoms with E-state index in [1.165, 1.54) is 23.9 Å². The lowest BCUT2D eigenvalue weighted by Crippen LogP contribution is -2.44. The largest absolute Gasteiger partial charge is 0.392 e. The first-order chi connectivity index (χ1) is 9.81. The van der Waals surface area contributed by atoms with Gasteiger partial charge in [0.15, 0.2) is 0 Å². The molecule has 118 valence electrons. The van der Waals surface area contributed by atoms with E-state index in [0.717, 1.165) is 4.90 Å². The summed E-state index contributed by atoms with van der Waals surface area (Å²) >= 11 is 1.54. The SMILES string of the molecule is CC(O)CN(C(=O)C(C)CSc1ccc(F)cc1)C(C)C. The summed E-state index contributed by atoms with van der Waals surface area (Å²) in [5.74, 6) is 0.265. The highest BCUT2D eigenvalue weighted by Gasteiger charge is 2.23. The fraction of sp³-hybridized carbons (Fsp3) is 0.562. The molecule has 3 nitrogen and oxygen atoms in total. The maximum Gasteiger partial charge on any atom is 0.226 e. The molecular formula is C16H24FNO2S. The van der Waals surface area contributed by atoms with Crippen molar-refractivity contribution < 1.29 is 14.3 Å². The minimum absolute atomic E-state index is 0.0421. The molecule has 0 heterocycles. The topological polar surface area (TPSA) is 40.5 Å². The Morgan fingerprint density at radius 1 is 1.24 bits per heavy atom. The second-order valence-electron chi connectivity index (χ2n) is 5.60. The molecule has 0 fully saturated rings. The summed E-state index contributed by atoms with van der Waals surface area (Å²) in [4.78, 5) is 15.1. The Morgan fingerprint density at radius 2 is 1.81 bits per heavy atom. The van der Waals surface area contributed by atoms with Crippen molar-refractivity contribution in [2.45, 2.75) is 44.7 Å². The van der Waals surface area contributed by atoms with Crippen molar-refractivity contribution in [2.24, 2.45) is 5.92 Å². The van der Waals surface area contributed by atoms with Crippen molar-refractivity contribution >= 4 is 17.7 Å². The smallest absolute Gasteiger partial charge is 0.226 e. The average Bonchev–Trinajstić information content (AvgIpc) is 2.42. The Labute approximate surface area is 130 Å². The van der Waals surface area contributed by atoms with Gasteiger partial charge in [-0.1, -0.05) is 6.92 Å². The van der Waals surface area contributed by atoms with Crippen molar-refractivity contribution in [1.29, 1.82) is 0 Å². The number of hydrogen-bond donors (Lipinski definition) is 1. The maximum absolute atomic E-state index is 12.8. The molecule has 2 atom stereocenters. The van der Waals surface area contributed by atoms with E-state index in [1.54, 1.807) is 24.0 Å². The van der Waals surface area contributed by atoms with E-state index >= 15 is 0 Å². The number of thioether (sulfide) groups is 1. The lowest BCUT2D eigenvalue weighted by Gasteiger charge is -2.30. The molecule has 0 aliphatic carbocycles. The van der Waals surface area contributed by atoms with Gasteiger partial charge in [0.2, 0.25) is 5.91 Å². The zero-order valence-electron chi connectivity index (χ0n) is 13.0. The van der Waals surface area contributed by atoms with Gasteiger partial charge in [0.25, 0.3) is 0 Å². The molecular weight excluding hydrogens is 289 g/mol. The van der Waals surface area contributed by atoms with Gasteiger partial charge in [0, 0.05) is 29.2 Å². The molecule has 0 saturated carbocycles. The van der Waals surface area contributed by atoms with Crippen LogP contribution in [0.1, 0.15) is 27.7 Å².